The van der Waals surface area contributed by atoms with Crippen LogP contribution in [0.4, 0.5) is 0 Å². The first-order valence-electron chi connectivity index (χ1n) is 4.05. The normalized spacial score (nSPS) is 10.4. The van der Waals surface area contributed by atoms with Gasteiger partial charge in [-0.05, 0) is 6.92 Å². The highest BCUT2D eigenvalue weighted by atomic mass is 16.5. The molecular formula is C8H16N2O3. The number of hydrogen-bond acceptors (Lipinski definition) is 4. The fourth-order valence-electron chi connectivity index (χ4n) is 0.970. The Labute approximate surface area is 77.8 Å². The van der Waals surface area contributed by atoms with Gasteiger partial charge < -0.3 is 10.5 Å². The average Bonchev–Trinajstić information content (AvgIpc) is 1.98. The Morgan fingerprint density at radius 3 is 2.38 bits per heavy atom. The molecule has 0 unspecified atom stereocenters. The minimum Gasteiger partial charge on any atom is -0.383 e. The molecule has 0 fully saturated rings. The number of rotatable bonds is 7. The summed E-state index contributed by atoms with van der Waals surface area (Å²) in [6.07, 6.45) is 0. The Morgan fingerprint density at radius 1 is 1.38 bits per heavy atom. The summed E-state index contributed by atoms with van der Waals surface area (Å²) < 4.78 is 4.83. The van der Waals surface area contributed by atoms with E-state index in [1.807, 2.05) is 0 Å². The van der Waals surface area contributed by atoms with Crippen LogP contribution in [0.2, 0.25) is 0 Å². The van der Waals surface area contributed by atoms with Crippen LogP contribution < -0.4 is 5.73 Å². The Hall–Kier alpha value is -0.940. The first-order chi connectivity index (χ1) is 6.06. The van der Waals surface area contributed by atoms with Crippen molar-refractivity contribution in [3.8, 4) is 0 Å². The monoisotopic (exact) mass is 188 g/mol. The highest BCUT2D eigenvalue weighted by molar-refractivity contribution is 5.80. The number of carbonyl (C=O) groups is 2. The molecule has 0 aliphatic rings. The third-order valence-electron chi connectivity index (χ3n) is 1.44. The molecule has 0 saturated carbocycles. The van der Waals surface area contributed by atoms with Crippen molar-refractivity contribution in [3.05, 3.63) is 0 Å². The predicted octanol–water partition coefficient (Wildman–Crippen LogP) is -0.991. The van der Waals surface area contributed by atoms with Crippen LogP contribution in [0, 0.1) is 0 Å². The van der Waals surface area contributed by atoms with Gasteiger partial charge in [0.25, 0.3) is 0 Å². The minimum absolute atomic E-state index is 0.0114. The third kappa shape index (κ3) is 7.42. The van der Waals surface area contributed by atoms with Gasteiger partial charge in [0, 0.05) is 13.7 Å². The van der Waals surface area contributed by atoms with E-state index in [-0.39, 0.29) is 18.9 Å². The van der Waals surface area contributed by atoms with Gasteiger partial charge in [-0.25, -0.2) is 0 Å². The maximum atomic E-state index is 10.8. The number of amides is 1. The molecule has 0 bridgehead atoms. The Morgan fingerprint density at radius 2 is 2.00 bits per heavy atom. The van der Waals surface area contributed by atoms with Crippen molar-refractivity contribution in [2.45, 2.75) is 6.92 Å². The maximum Gasteiger partial charge on any atom is 0.231 e. The molecule has 13 heavy (non-hydrogen) atoms. The number of methoxy groups -OCH3 is 1. The van der Waals surface area contributed by atoms with Crippen molar-refractivity contribution in [3.63, 3.8) is 0 Å². The zero-order valence-electron chi connectivity index (χ0n) is 8.08. The van der Waals surface area contributed by atoms with Gasteiger partial charge in [-0.3, -0.25) is 14.5 Å². The number of primary amides is 1. The van der Waals surface area contributed by atoms with Crippen LogP contribution in [0.25, 0.3) is 0 Å². The van der Waals surface area contributed by atoms with Gasteiger partial charge in [0.05, 0.1) is 19.7 Å². The second-order valence-corrected chi connectivity index (χ2v) is 2.87. The Balaban J connectivity index is 3.87. The van der Waals surface area contributed by atoms with Crippen molar-refractivity contribution in [1.82, 2.24) is 4.90 Å². The summed E-state index contributed by atoms with van der Waals surface area (Å²) in [5.41, 5.74) is 5.01. The van der Waals surface area contributed by atoms with E-state index in [0.29, 0.717) is 13.2 Å². The highest BCUT2D eigenvalue weighted by Crippen LogP contribution is 1.88. The van der Waals surface area contributed by atoms with E-state index in [4.69, 9.17) is 10.5 Å². The molecule has 2 N–H and O–H groups in total. The van der Waals surface area contributed by atoms with Crippen LogP contribution in [0.3, 0.4) is 0 Å². The van der Waals surface area contributed by atoms with Crippen LogP contribution in [0.1, 0.15) is 6.92 Å². The van der Waals surface area contributed by atoms with Crippen molar-refractivity contribution >= 4 is 11.7 Å². The molecule has 0 saturated heterocycles. The molecule has 5 nitrogen and oxygen atoms in total. The van der Waals surface area contributed by atoms with Gasteiger partial charge in [-0.2, -0.15) is 0 Å². The van der Waals surface area contributed by atoms with E-state index in [0.717, 1.165) is 0 Å². The molecule has 0 aromatic heterocycles. The van der Waals surface area contributed by atoms with Crippen LogP contribution in [-0.2, 0) is 14.3 Å². The van der Waals surface area contributed by atoms with E-state index >= 15 is 0 Å². The Bertz CT molecular complexity index is 166. The molecule has 0 aliphatic heterocycles. The van der Waals surface area contributed by atoms with Crippen molar-refractivity contribution < 1.29 is 14.3 Å². The van der Waals surface area contributed by atoms with Gasteiger partial charge in [0.2, 0.25) is 5.91 Å². The molecule has 0 aromatic rings. The molecule has 5 heteroatoms. The number of ketones is 1. The SMILES string of the molecule is COCCN(CC(C)=O)CC(N)=O. The second-order valence-electron chi connectivity index (χ2n) is 2.87. The second kappa shape index (κ2) is 6.56. The first-order valence-corrected chi connectivity index (χ1v) is 4.05. The fraction of sp³-hybridized carbons (Fsp3) is 0.750. The van der Waals surface area contributed by atoms with Crippen LogP contribution in [0.15, 0.2) is 0 Å². The number of carbonyl (C=O) groups excluding carboxylic acids is 2. The zero-order chi connectivity index (χ0) is 10.3. The van der Waals surface area contributed by atoms with E-state index in [1.165, 1.54) is 6.92 Å². The topological polar surface area (TPSA) is 72.6 Å². The van der Waals surface area contributed by atoms with Crippen LogP contribution in [-0.4, -0.2) is 49.9 Å². The molecule has 0 aliphatic carbocycles. The van der Waals surface area contributed by atoms with Crippen LogP contribution in [0.5, 0.6) is 0 Å². The molecule has 1 amide bonds. The number of ether oxygens (including phenoxy) is 1. The fourth-order valence-corrected chi connectivity index (χ4v) is 0.970. The van der Waals surface area contributed by atoms with Gasteiger partial charge in [-0.1, -0.05) is 0 Å². The van der Waals surface area contributed by atoms with Crippen molar-refractivity contribution in [1.29, 1.82) is 0 Å². The van der Waals surface area contributed by atoms with Crippen LogP contribution >= 0.6 is 0 Å². The van der Waals surface area contributed by atoms with Crippen molar-refractivity contribution in [2.24, 2.45) is 5.73 Å². The number of nitrogens with two attached hydrogens (primary N) is 1. The lowest BCUT2D eigenvalue weighted by atomic mass is 10.3. The summed E-state index contributed by atoms with van der Waals surface area (Å²) in [7, 11) is 1.57. The maximum absolute atomic E-state index is 10.8. The largest absolute Gasteiger partial charge is 0.383 e. The Kier molecular flexibility index (Phi) is 6.09. The smallest absolute Gasteiger partial charge is 0.231 e. The van der Waals surface area contributed by atoms with Gasteiger partial charge in [0.1, 0.15) is 5.78 Å². The summed E-state index contributed by atoms with van der Waals surface area (Å²) in [6, 6.07) is 0. The lowest BCUT2D eigenvalue weighted by Gasteiger charge is -2.18. The molecule has 0 heterocycles. The number of nitrogens with zero attached hydrogens (tertiary/aromatic N) is 1. The molecule has 0 rings (SSSR count). The quantitative estimate of drug-likeness (QED) is 0.556. The minimum atomic E-state index is -0.433. The zero-order valence-corrected chi connectivity index (χ0v) is 8.08. The number of hydrogen-bond donors (Lipinski definition) is 1. The van der Waals surface area contributed by atoms with E-state index in [2.05, 4.69) is 0 Å². The van der Waals surface area contributed by atoms with Gasteiger partial charge in [0.15, 0.2) is 0 Å². The summed E-state index contributed by atoms with van der Waals surface area (Å²) in [4.78, 5) is 23.0. The summed E-state index contributed by atoms with van der Waals surface area (Å²) in [5, 5.41) is 0. The molecule has 0 radical (unpaired) electrons. The molecule has 0 spiro atoms. The summed E-state index contributed by atoms with van der Waals surface area (Å²) in [6.45, 7) is 2.84. The third-order valence-corrected chi connectivity index (χ3v) is 1.44. The molecule has 0 aromatic carbocycles. The first kappa shape index (κ1) is 12.1. The lowest BCUT2D eigenvalue weighted by molar-refractivity contribution is -0.121. The van der Waals surface area contributed by atoms with Gasteiger partial charge in [-0.15, -0.1) is 0 Å². The summed E-state index contributed by atoms with van der Waals surface area (Å²) >= 11 is 0. The number of Topliss-reactive ketones (excluding diaryl/α,β-unsaturated/α-hetero) is 1. The standard InChI is InChI=1S/C8H16N2O3/c1-7(11)5-10(3-4-13-2)6-8(9)12/h3-6H2,1-2H3,(H2,9,12). The lowest BCUT2D eigenvalue weighted by Crippen LogP contribution is -2.38. The molecule has 0 atom stereocenters. The molecule has 76 valence electrons. The summed E-state index contributed by atoms with van der Waals surface area (Å²) in [5.74, 6) is -0.422. The average molecular weight is 188 g/mol. The van der Waals surface area contributed by atoms with E-state index in [9.17, 15) is 9.59 Å². The van der Waals surface area contributed by atoms with E-state index in [1.54, 1.807) is 12.0 Å². The molecular weight excluding hydrogens is 172 g/mol. The van der Waals surface area contributed by atoms with Gasteiger partial charge >= 0.3 is 0 Å². The highest BCUT2D eigenvalue weighted by Gasteiger charge is 2.09. The van der Waals surface area contributed by atoms with Crippen molar-refractivity contribution in [2.75, 3.05) is 33.4 Å². The predicted molar refractivity (Wildman–Crippen MR) is 48.2 cm³/mol. The van der Waals surface area contributed by atoms with E-state index < -0.39 is 5.91 Å².